The summed E-state index contributed by atoms with van der Waals surface area (Å²) in [5, 5.41) is 0. The largest absolute Gasteiger partial charge is 0.379 e. The molecule has 3 aliphatic rings. The first-order valence-corrected chi connectivity index (χ1v) is 15.3. The lowest BCUT2D eigenvalue weighted by atomic mass is 9.81. The Labute approximate surface area is 228 Å². The molecule has 4 rings (SSSR count). The first-order chi connectivity index (χ1) is 17.7. The summed E-state index contributed by atoms with van der Waals surface area (Å²) < 4.78 is 5.76. The summed E-state index contributed by atoms with van der Waals surface area (Å²) in [6, 6.07) is 12.7. The van der Waals surface area contributed by atoms with Gasteiger partial charge in [-0.2, -0.15) is 0 Å². The van der Waals surface area contributed by atoms with Crippen molar-refractivity contribution in [2.75, 3.05) is 72.6 Å². The van der Waals surface area contributed by atoms with Crippen molar-refractivity contribution in [2.24, 2.45) is 5.41 Å². The minimum Gasteiger partial charge on any atom is -0.379 e. The number of rotatable bonds is 10. The number of ether oxygens (including phenoxy) is 1. The van der Waals surface area contributed by atoms with Crippen LogP contribution in [-0.2, 0) is 4.74 Å². The van der Waals surface area contributed by atoms with Gasteiger partial charge in [0.05, 0.1) is 5.60 Å². The van der Waals surface area contributed by atoms with Crippen molar-refractivity contribution < 1.29 is 4.74 Å². The van der Waals surface area contributed by atoms with Gasteiger partial charge in [-0.1, -0.05) is 50.6 Å². The third-order valence-electron chi connectivity index (χ3n) is 9.25. The van der Waals surface area contributed by atoms with Gasteiger partial charge in [0, 0.05) is 51.9 Å². The molecule has 0 spiro atoms. The molecule has 5 heteroatoms. The Bertz CT molecular complexity index is 783. The third kappa shape index (κ3) is 8.76. The summed E-state index contributed by atoms with van der Waals surface area (Å²) >= 11 is 0. The van der Waals surface area contributed by atoms with Gasteiger partial charge >= 0.3 is 0 Å². The third-order valence-corrected chi connectivity index (χ3v) is 9.25. The molecule has 37 heavy (non-hydrogen) atoms. The zero-order chi connectivity index (χ0) is 26.3. The van der Waals surface area contributed by atoms with E-state index in [-0.39, 0.29) is 11.0 Å². The molecule has 210 valence electrons. The lowest BCUT2D eigenvalue weighted by Gasteiger charge is -2.42. The molecule has 5 nitrogen and oxygen atoms in total. The number of benzene rings is 1. The van der Waals surface area contributed by atoms with Crippen molar-refractivity contribution in [1.29, 1.82) is 0 Å². The van der Waals surface area contributed by atoms with Crippen LogP contribution in [0.2, 0.25) is 0 Å². The molecule has 0 aliphatic carbocycles. The average Bonchev–Trinajstić information content (AvgIpc) is 3.13. The monoisotopic (exact) mass is 512 g/mol. The molecule has 3 heterocycles. The van der Waals surface area contributed by atoms with Crippen LogP contribution >= 0.6 is 0 Å². The topological polar surface area (TPSA) is 22.2 Å². The van der Waals surface area contributed by atoms with E-state index >= 15 is 0 Å². The molecule has 1 aromatic carbocycles. The van der Waals surface area contributed by atoms with Gasteiger partial charge in [0.2, 0.25) is 0 Å². The fourth-order valence-electron chi connectivity index (χ4n) is 7.45. The molecule has 0 saturated carbocycles. The minimum atomic E-state index is -0.0682. The van der Waals surface area contributed by atoms with Crippen LogP contribution in [0.25, 0.3) is 0 Å². The maximum Gasteiger partial charge on any atom is 0.0628 e. The van der Waals surface area contributed by atoms with Crippen molar-refractivity contribution in [3.05, 3.63) is 35.9 Å². The number of piperidine rings is 2. The van der Waals surface area contributed by atoms with Gasteiger partial charge in [0.25, 0.3) is 0 Å². The van der Waals surface area contributed by atoms with Crippen molar-refractivity contribution in [3.63, 3.8) is 0 Å². The quantitative estimate of drug-likeness (QED) is 0.410. The number of hydrogen-bond donors (Lipinski definition) is 0. The summed E-state index contributed by atoms with van der Waals surface area (Å²) in [6.07, 6.45) is 9.28. The van der Waals surface area contributed by atoms with Crippen molar-refractivity contribution in [1.82, 2.24) is 19.6 Å². The van der Waals surface area contributed by atoms with Gasteiger partial charge in [-0.3, -0.25) is 4.90 Å². The molecule has 0 bridgehead atoms. The summed E-state index contributed by atoms with van der Waals surface area (Å²) in [5.74, 6) is 0. The zero-order valence-electron chi connectivity index (χ0n) is 24.8. The molecular formula is C32H56N4O. The summed E-state index contributed by atoms with van der Waals surface area (Å²) in [5.41, 5.74) is 1.67. The van der Waals surface area contributed by atoms with Crippen molar-refractivity contribution in [2.45, 2.75) is 90.3 Å². The first-order valence-electron chi connectivity index (χ1n) is 15.3. The van der Waals surface area contributed by atoms with Gasteiger partial charge in [0.1, 0.15) is 0 Å². The minimum absolute atomic E-state index is 0.0682. The van der Waals surface area contributed by atoms with Crippen LogP contribution in [0.1, 0.15) is 84.2 Å². The molecule has 3 fully saturated rings. The maximum atomic E-state index is 5.76. The Hall–Kier alpha value is -0.980. The van der Waals surface area contributed by atoms with E-state index in [0.29, 0.717) is 6.04 Å². The van der Waals surface area contributed by atoms with Crippen LogP contribution < -0.4 is 0 Å². The van der Waals surface area contributed by atoms with Crippen molar-refractivity contribution in [3.8, 4) is 0 Å². The Morgan fingerprint density at radius 2 is 1.49 bits per heavy atom. The maximum absolute atomic E-state index is 5.76. The van der Waals surface area contributed by atoms with E-state index in [0.717, 1.165) is 32.1 Å². The highest BCUT2D eigenvalue weighted by atomic mass is 16.5. The molecule has 1 aromatic rings. The van der Waals surface area contributed by atoms with Crippen LogP contribution in [-0.4, -0.2) is 104 Å². The SMILES string of the molecule is COC(C)(C)CC(C)(C)CN1CCCN(C(CN2CCC(N3CCCCC3)CC2)c2ccccc2)CC1. The second kappa shape index (κ2) is 13.4. The predicted octanol–water partition coefficient (Wildman–Crippen LogP) is 5.53. The van der Waals surface area contributed by atoms with Gasteiger partial charge in [-0.25, -0.2) is 0 Å². The van der Waals surface area contributed by atoms with E-state index in [1.54, 1.807) is 0 Å². The van der Waals surface area contributed by atoms with Gasteiger partial charge in [-0.05, 0) is 96.1 Å². The van der Waals surface area contributed by atoms with E-state index in [9.17, 15) is 0 Å². The molecule has 3 saturated heterocycles. The number of nitrogens with zero attached hydrogens (tertiary/aromatic N) is 4. The van der Waals surface area contributed by atoms with Crippen molar-refractivity contribution >= 4 is 0 Å². The van der Waals surface area contributed by atoms with Crippen LogP contribution in [0.15, 0.2) is 30.3 Å². The second-order valence-corrected chi connectivity index (χ2v) is 13.5. The molecule has 1 unspecified atom stereocenters. The highest BCUT2D eigenvalue weighted by Crippen LogP contribution is 2.32. The number of likely N-dealkylation sites (tertiary alicyclic amines) is 2. The number of methoxy groups -OCH3 is 1. The normalized spacial score (nSPS) is 23.7. The summed E-state index contributed by atoms with van der Waals surface area (Å²) in [4.78, 5) is 11.1. The molecule has 3 aliphatic heterocycles. The van der Waals surface area contributed by atoms with E-state index in [1.807, 2.05) is 7.11 Å². The van der Waals surface area contributed by atoms with Gasteiger partial charge in [-0.15, -0.1) is 0 Å². The van der Waals surface area contributed by atoms with E-state index in [2.05, 4.69) is 77.6 Å². The highest BCUT2D eigenvalue weighted by molar-refractivity contribution is 5.20. The van der Waals surface area contributed by atoms with E-state index in [4.69, 9.17) is 4.74 Å². The smallest absolute Gasteiger partial charge is 0.0628 e. The second-order valence-electron chi connectivity index (χ2n) is 13.5. The molecular weight excluding hydrogens is 456 g/mol. The fourth-order valence-corrected chi connectivity index (χ4v) is 7.45. The van der Waals surface area contributed by atoms with Gasteiger partial charge < -0.3 is 19.4 Å². The van der Waals surface area contributed by atoms with Crippen LogP contribution in [0.3, 0.4) is 0 Å². The van der Waals surface area contributed by atoms with Crippen LogP contribution in [0.5, 0.6) is 0 Å². The van der Waals surface area contributed by atoms with E-state index < -0.39 is 0 Å². The Morgan fingerprint density at radius 1 is 0.784 bits per heavy atom. The molecule has 0 amide bonds. The molecule has 1 atom stereocenters. The Kier molecular flexibility index (Phi) is 10.5. The Morgan fingerprint density at radius 3 is 2.16 bits per heavy atom. The summed E-state index contributed by atoms with van der Waals surface area (Å²) in [6.45, 7) is 21.5. The number of hydrogen-bond acceptors (Lipinski definition) is 5. The highest BCUT2D eigenvalue weighted by Gasteiger charge is 2.33. The standard InChI is InChI=1S/C32H56N4O/c1-31(2,26-32(3,4)37-5)27-34-17-12-20-36(24-23-34)30(28-13-8-6-9-14-28)25-33-21-15-29(16-22-33)35-18-10-7-11-19-35/h6,8-9,13-14,29-30H,7,10-12,15-27H2,1-5H3. The van der Waals surface area contributed by atoms with Gasteiger partial charge in [0.15, 0.2) is 0 Å². The van der Waals surface area contributed by atoms with Crippen LogP contribution in [0, 0.1) is 5.41 Å². The molecule has 0 N–H and O–H groups in total. The molecule has 0 radical (unpaired) electrons. The Balaban J connectivity index is 1.35. The zero-order valence-corrected chi connectivity index (χ0v) is 24.8. The fraction of sp³-hybridized carbons (Fsp3) is 0.812. The molecule has 0 aromatic heterocycles. The predicted molar refractivity (Wildman–Crippen MR) is 156 cm³/mol. The summed E-state index contributed by atoms with van der Waals surface area (Å²) in [7, 11) is 1.85. The average molecular weight is 513 g/mol. The lowest BCUT2D eigenvalue weighted by molar-refractivity contribution is -0.0200. The van der Waals surface area contributed by atoms with E-state index in [1.165, 1.54) is 89.9 Å². The van der Waals surface area contributed by atoms with Crippen LogP contribution in [0.4, 0.5) is 0 Å². The first kappa shape index (κ1) is 29.0. The lowest BCUT2D eigenvalue weighted by Crippen LogP contribution is -2.48.